The molecule has 2 aromatic carbocycles. The third-order valence-electron chi connectivity index (χ3n) is 4.35. The van der Waals surface area contributed by atoms with Gasteiger partial charge < -0.3 is 14.4 Å². The van der Waals surface area contributed by atoms with Crippen LogP contribution in [0.5, 0.6) is 11.5 Å². The SMILES string of the molecule is CN(CC1COc2ccccc2O1)C(=O)CN(C)S(=O)(=O)c1ccc(Br)cc1. The van der Waals surface area contributed by atoms with Crippen LogP contribution in [0.4, 0.5) is 0 Å². The van der Waals surface area contributed by atoms with E-state index >= 15 is 0 Å². The van der Waals surface area contributed by atoms with E-state index in [1.54, 1.807) is 19.2 Å². The summed E-state index contributed by atoms with van der Waals surface area (Å²) < 4.78 is 38.6. The molecular weight excluding hydrogens is 448 g/mol. The maximum atomic E-state index is 12.6. The number of hydrogen-bond donors (Lipinski definition) is 0. The summed E-state index contributed by atoms with van der Waals surface area (Å²) in [7, 11) is -0.743. The van der Waals surface area contributed by atoms with E-state index < -0.39 is 10.0 Å². The van der Waals surface area contributed by atoms with Crippen LogP contribution in [0, 0.1) is 0 Å². The Labute approximate surface area is 173 Å². The number of sulfonamides is 1. The number of hydrogen-bond acceptors (Lipinski definition) is 5. The topological polar surface area (TPSA) is 76.2 Å². The van der Waals surface area contributed by atoms with E-state index in [0.717, 1.165) is 8.78 Å². The monoisotopic (exact) mass is 468 g/mol. The Hall–Kier alpha value is -2.10. The number of fused-ring (bicyclic) bond motifs is 1. The highest BCUT2D eigenvalue weighted by Crippen LogP contribution is 2.31. The van der Waals surface area contributed by atoms with Gasteiger partial charge in [0.15, 0.2) is 17.6 Å². The number of nitrogens with zero attached hydrogens (tertiary/aromatic N) is 2. The lowest BCUT2D eigenvalue weighted by atomic mass is 10.2. The largest absolute Gasteiger partial charge is 0.486 e. The fourth-order valence-electron chi connectivity index (χ4n) is 2.74. The number of amides is 1. The Kier molecular flexibility index (Phi) is 6.26. The lowest BCUT2D eigenvalue weighted by Gasteiger charge is -2.30. The minimum atomic E-state index is -3.75. The van der Waals surface area contributed by atoms with Gasteiger partial charge in [-0.05, 0) is 36.4 Å². The number of ether oxygens (including phenoxy) is 2. The zero-order valence-electron chi connectivity index (χ0n) is 15.5. The minimum Gasteiger partial charge on any atom is -0.486 e. The van der Waals surface area contributed by atoms with Crippen LogP contribution in [0.15, 0.2) is 57.9 Å². The lowest BCUT2D eigenvalue weighted by Crippen LogP contribution is -2.45. The molecule has 0 aliphatic carbocycles. The summed E-state index contributed by atoms with van der Waals surface area (Å²) >= 11 is 3.27. The van der Waals surface area contributed by atoms with Gasteiger partial charge in [-0.2, -0.15) is 4.31 Å². The molecule has 3 rings (SSSR count). The Balaban J connectivity index is 1.59. The summed E-state index contributed by atoms with van der Waals surface area (Å²) in [4.78, 5) is 14.1. The molecule has 1 aliphatic heterocycles. The summed E-state index contributed by atoms with van der Waals surface area (Å²) in [6.45, 7) is 0.347. The summed E-state index contributed by atoms with van der Waals surface area (Å²) in [6, 6.07) is 13.6. The van der Waals surface area contributed by atoms with E-state index in [2.05, 4.69) is 15.9 Å². The van der Waals surface area contributed by atoms with Gasteiger partial charge in [0.2, 0.25) is 15.9 Å². The first-order valence-corrected chi connectivity index (χ1v) is 10.8. The quantitative estimate of drug-likeness (QED) is 0.650. The number of carbonyl (C=O) groups is 1. The van der Waals surface area contributed by atoms with Crippen LogP contribution in [0.2, 0.25) is 0 Å². The Morgan fingerprint density at radius 1 is 1.11 bits per heavy atom. The predicted molar refractivity (Wildman–Crippen MR) is 108 cm³/mol. The van der Waals surface area contributed by atoms with Crippen molar-refractivity contribution in [1.29, 1.82) is 0 Å². The van der Waals surface area contributed by atoms with Gasteiger partial charge in [-0.15, -0.1) is 0 Å². The second-order valence-corrected chi connectivity index (χ2v) is 9.45. The molecule has 0 saturated heterocycles. The number of halogens is 1. The Morgan fingerprint density at radius 3 is 2.43 bits per heavy atom. The first-order valence-electron chi connectivity index (χ1n) is 8.62. The smallest absolute Gasteiger partial charge is 0.243 e. The van der Waals surface area contributed by atoms with Crippen molar-refractivity contribution < 1.29 is 22.7 Å². The molecule has 28 heavy (non-hydrogen) atoms. The van der Waals surface area contributed by atoms with Gasteiger partial charge in [0.25, 0.3) is 0 Å². The van der Waals surface area contributed by atoms with E-state index in [0.29, 0.717) is 24.7 Å². The third kappa shape index (κ3) is 4.65. The molecule has 150 valence electrons. The van der Waals surface area contributed by atoms with Crippen molar-refractivity contribution in [1.82, 2.24) is 9.21 Å². The standard InChI is InChI=1S/C19H21BrN2O5S/c1-21(11-15-13-26-17-5-3-4-6-18(17)27-15)19(23)12-22(2)28(24,25)16-9-7-14(20)8-10-16/h3-10,15H,11-13H2,1-2H3. The number of benzene rings is 2. The maximum Gasteiger partial charge on any atom is 0.243 e. The normalized spacial score (nSPS) is 16.1. The summed E-state index contributed by atoms with van der Waals surface area (Å²) in [5.41, 5.74) is 0. The highest BCUT2D eigenvalue weighted by atomic mass is 79.9. The van der Waals surface area contributed by atoms with Crippen molar-refractivity contribution in [3.05, 3.63) is 53.0 Å². The molecule has 0 aromatic heterocycles. The molecule has 1 heterocycles. The number of likely N-dealkylation sites (N-methyl/N-ethyl adjacent to an activating group) is 2. The van der Waals surface area contributed by atoms with E-state index in [1.165, 1.54) is 24.1 Å². The highest BCUT2D eigenvalue weighted by Gasteiger charge is 2.27. The number of carbonyl (C=O) groups excluding carboxylic acids is 1. The minimum absolute atomic E-state index is 0.134. The molecular formula is C19H21BrN2O5S. The molecule has 0 bridgehead atoms. The molecule has 1 unspecified atom stereocenters. The van der Waals surface area contributed by atoms with Gasteiger partial charge >= 0.3 is 0 Å². The fourth-order valence-corrected chi connectivity index (χ4v) is 4.13. The average molecular weight is 469 g/mol. The molecule has 9 heteroatoms. The van der Waals surface area contributed by atoms with Crippen molar-refractivity contribution in [2.45, 2.75) is 11.0 Å². The average Bonchev–Trinajstić information content (AvgIpc) is 2.68. The summed E-state index contributed by atoms with van der Waals surface area (Å²) in [6.07, 6.45) is -0.322. The fraction of sp³-hybridized carbons (Fsp3) is 0.316. The molecule has 0 radical (unpaired) electrons. The summed E-state index contributed by atoms with van der Waals surface area (Å²) in [5, 5.41) is 0. The van der Waals surface area contributed by atoms with Crippen molar-refractivity contribution in [2.24, 2.45) is 0 Å². The molecule has 2 aromatic rings. The number of para-hydroxylation sites is 2. The van der Waals surface area contributed by atoms with Crippen LogP contribution >= 0.6 is 15.9 Å². The third-order valence-corrected chi connectivity index (χ3v) is 6.70. The second kappa shape index (κ2) is 8.50. The van der Waals surface area contributed by atoms with E-state index in [1.807, 2.05) is 24.3 Å². The highest BCUT2D eigenvalue weighted by molar-refractivity contribution is 9.10. The first-order chi connectivity index (χ1) is 13.3. The van der Waals surface area contributed by atoms with Gasteiger partial charge in [-0.25, -0.2) is 8.42 Å². The van der Waals surface area contributed by atoms with E-state index in [9.17, 15) is 13.2 Å². The maximum absolute atomic E-state index is 12.6. The van der Waals surface area contributed by atoms with Crippen LogP contribution in [0.1, 0.15) is 0 Å². The van der Waals surface area contributed by atoms with E-state index in [-0.39, 0.29) is 23.5 Å². The van der Waals surface area contributed by atoms with Crippen molar-refractivity contribution in [3.63, 3.8) is 0 Å². The molecule has 0 spiro atoms. The number of rotatable bonds is 6. The second-order valence-electron chi connectivity index (χ2n) is 6.49. The molecule has 1 aliphatic rings. The van der Waals surface area contributed by atoms with Gasteiger partial charge in [0.1, 0.15) is 6.61 Å². The van der Waals surface area contributed by atoms with Crippen molar-refractivity contribution in [2.75, 3.05) is 33.8 Å². The van der Waals surface area contributed by atoms with E-state index in [4.69, 9.17) is 9.47 Å². The predicted octanol–water partition coefficient (Wildman–Crippen LogP) is 2.37. The Bertz CT molecular complexity index is 949. The van der Waals surface area contributed by atoms with Crippen LogP contribution in [0.25, 0.3) is 0 Å². The van der Waals surface area contributed by atoms with Gasteiger partial charge in [0, 0.05) is 18.6 Å². The molecule has 7 nitrogen and oxygen atoms in total. The van der Waals surface area contributed by atoms with Gasteiger partial charge in [-0.3, -0.25) is 4.79 Å². The van der Waals surface area contributed by atoms with Gasteiger partial charge in [0.05, 0.1) is 18.0 Å². The molecule has 0 fully saturated rings. The molecule has 0 N–H and O–H groups in total. The molecule has 1 amide bonds. The van der Waals surface area contributed by atoms with Crippen LogP contribution < -0.4 is 9.47 Å². The Morgan fingerprint density at radius 2 is 1.75 bits per heavy atom. The lowest BCUT2D eigenvalue weighted by molar-refractivity contribution is -0.131. The van der Waals surface area contributed by atoms with Crippen molar-refractivity contribution in [3.8, 4) is 11.5 Å². The van der Waals surface area contributed by atoms with Gasteiger partial charge in [-0.1, -0.05) is 28.1 Å². The summed E-state index contributed by atoms with van der Waals surface area (Å²) in [5.74, 6) is 0.980. The van der Waals surface area contributed by atoms with Crippen LogP contribution in [-0.2, 0) is 14.8 Å². The molecule has 0 saturated carbocycles. The zero-order chi connectivity index (χ0) is 20.3. The molecule has 1 atom stereocenters. The van der Waals surface area contributed by atoms with Crippen LogP contribution in [0.3, 0.4) is 0 Å². The van der Waals surface area contributed by atoms with Crippen molar-refractivity contribution >= 4 is 31.9 Å². The first kappa shape index (κ1) is 20.6. The van der Waals surface area contributed by atoms with Crippen LogP contribution in [-0.4, -0.2) is 63.4 Å². The zero-order valence-corrected chi connectivity index (χ0v) is 17.9.